The zero-order valence-electron chi connectivity index (χ0n) is 15.8. The fourth-order valence-corrected chi connectivity index (χ4v) is 3.10. The average molecular weight is 411 g/mol. The Morgan fingerprint density at radius 2 is 1.90 bits per heavy atom. The van der Waals surface area contributed by atoms with E-state index in [1.54, 1.807) is 37.4 Å². The van der Waals surface area contributed by atoms with Crippen LogP contribution in [0, 0.1) is 5.92 Å². The molecule has 1 aliphatic carbocycles. The zero-order valence-corrected chi connectivity index (χ0v) is 16.5. The maximum absolute atomic E-state index is 12.3. The van der Waals surface area contributed by atoms with Crippen LogP contribution in [-0.2, 0) is 16.1 Å². The molecule has 29 heavy (non-hydrogen) atoms. The Labute approximate surface area is 172 Å². The van der Waals surface area contributed by atoms with Crippen molar-refractivity contribution in [3.8, 4) is 5.75 Å². The summed E-state index contributed by atoms with van der Waals surface area (Å²) in [6, 6.07) is 14.0. The molecule has 0 saturated heterocycles. The molecule has 1 aliphatic rings. The highest BCUT2D eigenvalue weighted by Gasteiger charge is 2.29. The van der Waals surface area contributed by atoms with E-state index < -0.39 is 5.97 Å². The van der Waals surface area contributed by atoms with Crippen LogP contribution in [0.1, 0.15) is 28.8 Å². The largest absolute Gasteiger partial charge is 0.497 e. The second kappa shape index (κ2) is 8.09. The summed E-state index contributed by atoms with van der Waals surface area (Å²) in [6.07, 6.45) is 1.88. The summed E-state index contributed by atoms with van der Waals surface area (Å²) in [4.78, 5) is 28.5. The first-order valence-electron chi connectivity index (χ1n) is 9.25. The highest BCUT2D eigenvalue weighted by Crippen LogP contribution is 2.30. The van der Waals surface area contributed by atoms with Crippen molar-refractivity contribution in [2.45, 2.75) is 19.4 Å². The molecule has 148 valence electrons. The van der Waals surface area contributed by atoms with Crippen LogP contribution in [0.5, 0.6) is 5.75 Å². The maximum atomic E-state index is 12.3. The smallest absolute Gasteiger partial charge is 0.338 e. The number of carbonyl (C=O) groups is 2. The predicted molar refractivity (Wildman–Crippen MR) is 110 cm³/mol. The summed E-state index contributed by atoms with van der Waals surface area (Å²) < 4.78 is 10.6. The van der Waals surface area contributed by atoms with Crippen LogP contribution in [0.4, 0.5) is 5.69 Å². The molecule has 1 saturated carbocycles. The standard InChI is InChI=1S/C22H19ClN2O4/c1-28-18-9-6-15-10-16(20(23)25-19(15)11-18)12-29-22(27)14-4-7-17(8-5-14)24-21(26)13-2-3-13/h4-11,13H,2-3,12H2,1H3,(H,24,26). The molecule has 6 nitrogen and oxygen atoms in total. The van der Waals surface area contributed by atoms with Crippen LogP contribution in [0.2, 0.25) is 5.15 Å². The van der Waals surface area contributed by atoms with Crippen molar-refractivity contribution < 1.29 is 19.1 Å². The minimum Gasteiger partial charge on any atom is -0.497 e. The van der Waals surface area contributed by atoms with E-state index in [0.29, 0.717) is 28.1 Å². The zero-order chi connectivity index (χ0) is 20.4. The molecule has 1 aromatic heterocycles. The van der Waals surface area contributed by atoms with Gasteiger partial charge in [0, 0.05) is 28.6 Å². The van der Waals surface area contributed by atoms with Gasteiger partial charge in [-0.2, -0.15) is 0 Å². The third kappa shape index (κ3) is 4.49. The monoisotopic (exact) mass is 410 g/mol. The SMILES string of the molecule is COc1ccc2cc(COC(=O)c3ccc(NC(=O)C4CC4)cc3)c(Cl)nc2c1. The van der Waals surface area contributed by atoms with Crippen LogP contribution in [0.15, 0.2) is 48.5 Å². The third-order valence-electron chi connectivity index (χ3n) is 4.75. The lowest BCUT2D eigenvalue weighted by Crippen LogP contribution is -2.13. The van der Waals surface area contributed by atoms with Gasteiger partial charge in [0.15, 0.2) is 0 Å². The molecule has 1 N–H and O–H groups in total. The van der Waals surface area contributed by atoms with Crippen molar-refractivity contribution in [1.29, 1.82) is 0 Å². The van der Waals surface area contributed by atoms with E-state index in [4.69, 9.17) is 21.1 Å². The fraction of sp³-hybridized carbons (Fsp3) is 0.227. The number of halogens is 1. The average Bonchev–Trinajstić information content (AvgIpc) is 3.57. The molecule has 1 amide bonds. The summed E-state index contributed by atoms with van der Waals surface area (Å²) in [5.74, 6) is 0.366. The van der Waals surface area contributed by atoms with Crippen molar-refractivity contribution >= 4 is 40.1 Å². The number of nitrogens with one attached hydrogen (secondary N) is 1. The number of rotatable bonds is 6. The molecule has 2 aromatic carbocycles. The van der Waals surface area contributed by atoms with E-state index in [-0.39, 0.29) is 23.6 Å². The Bertz CT molecular complexity index is 1080. The summed E-state index contributed by atoms with van der Waals surface area (Å²) in [7, 11) is 1.59. The van der Waals surface area contributed by atoms with Gasteiger partial charge in [0.2, 0.25) is 5.91 Å². The molecule has 0 aliphatic heterocycles. The Hall–Kier alpha value is -3.12. The van der Waals surface area contributed by atoms with E-state index in [9.17, 15) is 9.59 Å². The van der Waals surface area contributed by atoms with Gasteiger partial charge in [-0.15, -0.1) is 0 Å². The molecule has 0 spiro atoms. The highest BCUT2D eigenvalue weighted by atomic mass is 35.5. The van der Waals surface area contributed by atoms with Gasteiger partial charge in [0.25, 0.3) is 0 Å². The maximum Gasteiger partial charge on any atom is 0.338 e. The quantitative estimate of drug-likeness (QED) is 0.474. The lowest BCUT2D eigenvalue weighted by atomic mass is 10.1. The second-order valence-electron chi connectivity index (χ2n) is 6.91. The summed E-state index contributed by atoms with van der Waals surface area (Å²) in [6.45, 7) is 0.00675. The number of benzene rings is 2. The summed E-state index contributed by atoms with van der Waals surface area (Å²) >= 11 is 6.24. The van der Waals surface area contributed by atoms with E-state index in [1.807, 2.05) is 18.2 Å². The number of fused-ring (bicyclic) bond motifs is 1. The Morgan fingerprint density at radius 3 is 2.59 bits per heavy atom. The van der Waals surface area contributed by atoms with E-state index in [0.717, 1.165) is 18.2 Å². The molecule has 1 fully saturated rings. The Balaban J connectivity index is 1.41. The van der Waals surface area contributed by atoms with E-state index >= 15 is 0 Å². The number of carbonyl (C=O) groups excluding carboxylic acids is 2. The predicted octanol–water partition coefficient (Wildman–Crippen LogP) is 4.60. The van der Waals surface area contributed by atoms with E-state index in [2.05, 4.69) is 10.3 Å². The first-order valence-corrected chi connectivity index (χ1v) is 9.62. The topological polar surface area (TPSA) is 77.5 Å². The second-order valence-corrected chi connectivity index (χ2v) is 7.27. The number of nitrogens with zero attached hydrogens (tertiary/aromatic N) is 1. The first-order chi connectivity index (χ1) is 14.0. The van der Waals surface area contributed by atoms with Gasteiger partial charge in [0.05, 0.1) is 18.2 Å². The lowest BCUT2D eigenvalue weighted by molar-refractivity contribution is -0.117. The molecular formula is C22H19ClN2O4. The van der Waals surface area contributed by atoms with Crippen molar-refractivity contribution in [3.63, 3.8) is 0 Å². The van der Waals surface area contributed by atoms with Gasteiger partial charge in [-0.05, 0) is 55.3 Å². The number of hydrogen-bond donors (Lipinski definition) is 1. The van der Waals surface area contributed by atoms with Crippen LogP contribution in [-0.4, -0.2) is 24.0 Å². The van der Waals surface area contributed by atoms with Crippen molar-refractivity contribution in [2.75, 3.05) is 12.4 Å². The molecular weight excluding hydrogens is 392 g/mol. The number of anilines is 1. The van der Waals surface area contributed by atoms with Gasteiger partial charge < -0.3 is 14.8 Å². The van der Waals surface area contributed by atoms with Crippen molar-refractivity contribution in [1.82, 2.24) is 4.98 Å². The van der Waals surface area contributed by atoms with Crippen molar-refractivity contribution in [2.24, 2.45) is 5.92 Å². The number of esters is 1. The first kappa shape index (κ1) is 19.2. The molecule has 1 heterocycles. The lowest BCUT2D eigenvalue weighted by Gasteiger charge is -2.09. The van der Waals surface area contributed by atoms with Crippen LogP contribution in [0.3, 0.4) is 0 Å². The number of pyridine rings is 1. The molecule has 7 heteroatoms. The Morgan fingerprint density at radius 1 is 1.14 bits per heavy atom. The van der Waals surface area contributed by atoms with Crippen molar-refractivity contribution in [3.05, 3.63) is 64.8 Å². The molecule has 4 rings (SSSR count). The molecule has 0 unspecified atom stereocenters. The Kier molecular flexibility index (Phi) is 5.36. The number of aromatic nitrogens is 1. The molecule has 0 bridgehead atoms. The van der Waals surface area contributed by atoms with Crippen LogP contribution < -0.4 is 10.1 Å². The minimum atomic E-state index is -0.476. The van der Waals surface area contributed by atoms with E-state index in [1.165, 1.54) is 0 Å². The minimum absolute atomic E-state index is 0.00675. The molecule has 3 aromatic rings. The van der Waals surface area contributed by atoms with Gasteiger partial charge in [-0.1, -0.05) is 11.6 Å². The third-order valence-corrected chi connectivity index (χ3v) is 5.07. The fourth-order valence-electron chi connectivity index (χ4n) is 2.90. The van der Waals surface area contributed by atoms with Gasteiger partial charge in [-0.3, -0.25) is 4.79 Å². The molecule has 0 atom stereocenters. The number of hydrogen-bond acceptors (Lipinski definition) is 5. The van der Waals surface area contributed by atoms with Gasteiger partial charge in [-0.25, -0.2) is 9.78 Å². The summed E-state index contributed by atoms with van der Waals surface area (Å²) in [5, 5.41) is 3.98. The van der Waals surface area contributed by atoms with Gasteiger partial charge >= 0.3 is 5.97 Å². The number of ether oxygens (including phenoxy) is 2. The van der Waals surface area contributed by atoms with Crippen LogP contribution >= 0.6 is 11.6 Å². The number of methoxy groups -OCH3 is 1. The summed E-state index contributed by atoms with van der Waals surface area (Å²) in [5.41, 5.74) is 2.37. The normalized spacial score (nSPS) is 13.2. The van der Waals surface area contributed by atoms with Gasteiger partial charge in [0.1, 0.15) is 17.5 Å². The number of amides is 1. The molecule has 0 radical (unpaired) electrons. The van der Waals surface area contributed by atoms with Crippen LogP contribution in [0.25, 0.3) is 10.9 Å². The highest BCUT2D eigenvalue weighted by molar-refractivity contribution is 6.30.